The number of aliphatic carboxylic acids is 1. The molecule has 1 aromatic carbocycles. The van der Waals surface area contributed by atoms with Crippen LogP contribution in [0, 0.1) is 11.3 Å². The van der Waals surface area contributed by atoms with Crippen LogP contribution in [0.1, 0.15) is 16.8 Å². The van der Waals surface area contributed by atoms with Crippen molar-refractivity contribution in [3.8, 4) is 6.07 Å². The molecule has 19 heavy (non-hydrogen) atoms. The van der Waals surface area contributed by atoms with Crippen LogP contribution in [-0.2, 0) is 11.3 Å². The van der Waals surface area contributed by atoms with Crippen molar-refractivity contribution in [1.29, 1.82) is 5.26 Å². The maximum atomic E-state index is 10.5. The van der Waals surface area contributed by atoms with Crippen molar-refractivity contribution in [3.63, 3.8) is 0 Å². The van der Waals surface area contributed by atoms with E-state index < -0.39 is 5.97 Å². The van der Waals surface area contributed by atoms with Crippen molar-refractivity contribution in [2.45, 2.75) is 6.54 Å². The van der Waals surface area contributed by atoms with Crippen molar-refractivity contribution in [2.24, 2.45) is 0 Å². The van der Waals surface area contributed by atoms with E-state index in [1.165, 1.54) is 0 Å². The summed E-state index contributed by atoms with van der Waals surface area (Å²) in [6.45, 7) is 0.637. The van der Waals surface area contributed by atoms with E-state index >= 15 is 0 Å². The molecule has 0 aliphatic carbocycles. The fraction of sp³-hybridized carbons (Fsp3) is 0.0667. The van der Waals surface area contributed by atoms with E-state index in [0.29, 0.717) is 12.1 Å². The van der Waals surface area contributed by atoms with Gasteiger partial charge in [-0.15, -0.1) is 0 Å². The first-order valence-corrected chi connectivity index (χ1v) is 5.74. The highest BCUT2D eigenvalue weighted by molar-refractivity contribution is 5.84. The molecule has 1 aromatic heterocycles. The predicted octanol–water partition coefficient (Wildman–Crippen LogP) is 2.51. The van der Waals surface area contributed by atoms with Gasteiger partial charge in [-0.05, 0) is 35.9 Å². The highest BCUT2D eigenvalue weighted by atomic mass is 16.4. The highest BCUT2D eigenvalue weighted by Crippen LogP contribution is 2.10. The third kappa shape index (κ3) is 3.33. The topological polar surface area (TPSA) is 66.0 Å². The van der Waals surface area contributed by atoms with Crippen LogP contribution in [0.5, 0.6) is 0 Å². The van der Waals surface area contributed by atoms with Gasteiger partial charge in [-0.1, -0.05) is 12.1 Å². The largest absolute Gasteiger partial charge is 0.478 e. The molecule has 0 bridgehead atoms. The molecule has 0 atom stereocenters. The molecule has 1 N–H and O–H groups in total. The quantitative estimate of drug-likeness (QED) is 0.850. The Morgan fingerprint density at radius 2 is 2.05 bits per heavy atom. The lowest BCUT2D eigenvalue weighted by atomic mass is 10.1. The van der Waals surface area contributed by atoms with Gasteiger partial charge >= 0.3 is 5.97 Å². The number of carboxylic acids is 1. The number of benzene rings is 1. The van der Waals surface area contributed by atoms with Gasteiger partial charge in [0.05, 0.1) is 11.6 Å². The molecule has 0 spiro atoms. The van der Waals surface area contributed by atoms with E-state index in [4.69, 9.17) is 10.4 Å². The van der Waals surface area contributed by atoms with Crippen molar-refractivity contribution >= 4 is 12.0 Å². The minimum absolute atomic E-state index is 0.627. The van der Waals surface area contributed by atoms with E-state index in [0.717, 1.165) is 17.3 Å². The Hall–Kier alpha value is -2.80. The molecular weight excluding hydrogens is 240 g/mol. The molecule has 2 rings (SSSR count). The molecule has 0 amide bonds. The summed E-state index contributed by atoms with van der Waals surface area (Å²) in [5.41, 5.74) is 2.51. The molecule has 0 aliphatic heterocycles. The number of hydrogen-bond acceptors (Lipinski definition) is 2. The SMILES string of the molecule is N#Cc1ccc(Cn2cccc2/C=C/C(=O)O)cc1. The first-order valence-electron chi connectivity index (χ1n) is 5.74. The molecule has 1 heterocycles. The van der Waals surface area contributed by atoms with Crippen LogP contribution in [0.2, 0.25) is 0 Å². The summed E-state index contributed by atoms with van der Waals surface area (Å²) in [6, 6.07) is 13.1. The number of carboxylic acid groups (broad SMARTS) is 1. The third-order valence-electron chi connectivity index (χ3n) is 2.70. The lowest BCUT2D eigenvalue weighted by Gasteiger charge is -2.06. The molecule has 0 fully saturated rings. The Morgan fingerprint density at radius 1 is 1.32 bits per heavy atom. The van der Waals surface area contributed by atoms with Gasteiger partial charge in [0.15, 0.2) is 0 Å². The maximum Gasteiger partial charge on any atom is 0.328 e. The number of nitrogens with zero attached hydrogens (tertiary/aromatic N) is 2. The Bertz CT molecular complexity index is 646. The van der Waals surface area contributed by atoms with Gasteiger partial charge in [-0.25, -0.2) is 4.79 Å². The van der Waals surface area contributed by atoms with Gasteiger partial charge in [-0.2, -0.15) is 5.26 Å². The molecule has 0 saturated heterocycles. The first kappa shape index (κ1) is 12.7. The molecule has 4 heteroatoms. The van der Waals surface area contributed by atoms with Crippen LogP contribution in [0.25, 0.3) is 6.08 Å². The van der Waals surface area contributed by atoms with Crippen molar-refractivity contribution in [2.75, 3.05) is 0 Å². The van der Waals surface area contributed by atoms with Gasteiger partial charge in [0.2, 0.25) is 0 Å². The second-order valence-electron chi connectivity index (χ2n) is 4.04. The zero-order valence-corrected chi connectivity index (χ0v) is 10.2. The number of carbonyl (C=O) groups is 1. The smallest absolute Gasteiger partial charge is 0.328 e. The lowest BCUT2D eigenvalue weighted by molar-refractivity contribution is -0.131. The minimum atomic E-state index is -0.967. The van der Waals surface area contributed by atoms with Crippen LogP contribution >= 0.6 is 0 Å². The molecule has 4 nitrogen and oxygen atoms in total. The summed E-state index contributed by atoms with van der Waals surface area (Å²) in [5, 5.41) is 17.4. The second-order valence-corrected chi connectivity index (χ2v) is 4.04. The van der Waals surface area contributed by atoms with E-state index in [9.17, 15) is 4.79 Å². The lowest BCUT2D eigenvalue weighted by Crippen LogP contribution is -2.00. The molecule has 2 aromatic rings. The van der Waals surface area contributed by atoms with E-state index in [-0.39, 0.29) is 0 Å². The predicted molar refractivity (Wildman–Crippen MR) is 71.4 cm³/mol. The van der Waals surface area contributed by atoms with Crippen molar-refractivity contribution in [1.82, 2.24) is 4.57 Å². The summed E-state index contributed by atoms with van der Waals surface area (Å²) < 4.78 is 1.95. The van der Waals surface area contributed by atoms with Gasteiger partial charge in [-0.3, -0.25) is 0 Å². The van der Waals surface area contributed by atoms with Crippen molar-refractivity contribution < 1.29 is 9.90 Å². The van der Waals surface area contributed by atoms with Crippen LogP contribution < -0.4 is 0 Å². The fourth-order valence-electron chi connectivity index (χ4n) is 1.76. The molecule has 0 radical (unpaired) electrons. The monoisotopic (exact) mass is 252 g/mol. The highest BCUT2D eigenvalue weighted by Gasteiger charge is 2.00. The standard InChI is InChI=1S/C15H12N2O2/c16-10-12-3-5-13(6-4-12)11-17-9-1-2-14(17)7-8-15(18)19/h1-9H,11H2,(H,18,19)/b8-7+. The van der Waals surface area contributed by atoms with Crippen LogP contribution in [0.3, 0.4) is 0 Å². The van der Waals surface area contributed by atoms with Gasteiger partial charge in [0, 0.05) is 24.5 Å². The fourth-order valence-corrected chi connectivity index (χ4v) is 1.76. The van der Waals surface area contributed by atoms with Crippen LogP contribution in [-0.4, -0.2) is 15.6 Å². The summed E-state index contributed by atoms with van der Waals surface area (Å²) >= 11 is 0. The van der Waals surface area contributed by atoms with E-state index in [1.54, 1.807) is 18.2 Å². The minimum Gasteiger partial charge on any atom is -0.478 e. The molecule has 0 aliphatic rings. The molecule has 94 valence electrons. The van der Waals surface area contributed by atoms with E-state index in [1.807, 2.05) is 35.0 Å². The Morgan fingerprint density at radius 3 is 2.68 bits per heavy atom. The number of rotatable bonds is 4. The Labute approximate surface area is 110 Å². The van der Waals surface area contributed by atoms with Gasteiger partial charge in [0.1, 0.15) is 0 Å². The molecule has 0 saturated carbocycles. The number of nitriles is 1. The van der Waals surface area contributed by atoms with E-state index in [2.05, 4.69) is 6.07 Å². The number of hydrogen-bond donors (Lipinski definition) is 1. The zero-order chi connectivity index (χ0) is 13.7. The van der Waals surface area contributed by atoms with Crippen LogP contribution in [0.4, 0.5) is 0 Å². The average molecular weight is 252 g/mol. The molecular formula is C15H12N2O2. The summed E-state index contributed by atoms with van der Waals surface area (Å²) in [5.74, 6) is -0.967. The summed E-state index contributed by atoms with van der Waals surface area (Å²) in [4.78, 5) is 10.5. The molecule has 0 unspecified atom stereocenters. The van der Waals surface area contributed by atoms with Crippen molar-refractivity contribution in [3.05, 3.63) is 65.5 Å². The van der Waals surface area contributed by atoms with Gasteiger partial charge < -0.3 is 9.67 Å². The first-order chi connectivity index (χ1) is 9.19. The zero-order valence-electron chi connectivity index (χ0n) is 10.2. The Kier molecular flexibility index (Phi) is 3.79. The third-order valence-corrected chi connectivity index (χ3v) is 2.70. The summed E-state index contributed by atoms with van der Waals surface area (Å²) in [6.07, 6.45) is 4.57. The normalized spacial score (nSPS) is 10.5. The average Bonchev–Trinajstić information content (AvgIpc) is 2.84. The van der Waals surface area contributed by atoms with Crippen LogP contribution in [0.15, 0.2) is 48.7 Å². The maximum absolute atomic E-state index is 10.5. The second kappa shape index (κ2) is 5.69. The Balaban J connectivity index is 2.17. The number of aromatic nitrogens is 1. The summed E-state index contributed by atoms with van der Waals surface area (Å²) in [7, 11) is 0. The van der Waals surface area contributed by atoms with Gasteiger partial charge in [0.25, 0.3) is 0 Å².